The van der Waals surface area contributed by atoms with Crippen molar-refractivity contribution in [2.75, 3.05) is 26.8 Å². The lowest BCUT2D eigenvalue weighted by atomic mass is 10.1. The normalized spacial score (nSPS) is 27.8. The zero-order chi connectivity index (χ0) is 15.4. The van der Waals surface area contributed by atoms with Crippen molar-refractivity contribution in [2.24, 2.45) is 0 Å². The highest BCUT2D eigenvalue weighted by Crippen LogP contribution is 2.32. The first-order valence-electron chi connectivity index (χ1n) is 7.83. The molecule has 0 aromatic carbocycles. The predicted octanol–water partition coefficient (Wildman–Crippen LogP) is 0.576. The summed E-state index contributed by atoms with van der Waals surface area (Å²) in [5.41, 5.74) is 0.996. The molecule has 2 saturated heterocycles. The summed E-state index contributed by atoms with van der Waals surface area (Å²) in [5, 5.41) is 2.94. The second kappa shape index (κ2) is 7.17. The van der Waals surface area contributed by atoms with Crippen LogP contribution in [0.4, 0.5) is 0 Å². The van der Waals surface area contributed by atoms with Gasteiger partial charge in [-0.2, -0.15) is 0 Å². The minimum absolute atomic E-state index is 0.0232. The summed E-state index contributed by atoms with van der Waals surface area (Å²) in [6, 6.07) is 4.17. The number of likely N-dealkylation sites (tertiary alicyclic amines) is 1. The van der Waals surface area contributed by atoms with E-state index in [-0.39, 0.29) is 18.1 Å². The SMILES string of the molecule is COCCN1CC[C@@H]2O[C@H](C(=O)NCc3cccnc3)C[C@@H]21. The zero-order valence-electron chi connectivity index (χ0n) is 12.9. The van der Waals surface area contributed by atoms with E-state index in [9.17, 15) is 4.79 Å². The minimum Gasteiger partial charge on any atom is -0.383 e. The third kappa shape index (κ3) is 3.45. The molecule has 2 fully saturated rings. The first kappa shape index (κ1) is 15.4. The van der Waals surface area contributed by atoms with E-state index < -0.39 is 0 Å². The molecule has 1 aromatic rings. The molecular formula is C16H23N3O3. The van der Waals surface area contributed by atoms with Crippen LogP contribution < -0.4 is 5.32 Å². The second-order valence-electron chi connectivity index (χ2n) is 5.86. The summed E-state index contributed by atoms with van der Waals surface area (Å²) < 4.78 is 11.1. The number of hydrogen-bond donors (Lipinski definition) is 1. The van der Waals surface area contributed by atoms with Crippen LogP contribution in [0.3, 0.4) is 0 Å². The summed E-state index contributed by atoms with van der Waals surface area (Å²) >= 11 is 0. The Bertz CT molecular complexity index is 497. The van der Waals surface area contributed by atoms with Crippen molar-refractivity contribution in [3.8, 4) is 0 Å². The van der Waals surface area contributed by atoms with Crippen molar-refractivity contribution in [3.05, 3.63) is 30.1 Å². The highest BCUT2D eigenvalue weighted by molar-refractivity contribution is 5.81. The standard InChI is InChI=1S/C16H23N3O3/c1-21-8-7-19-6-4-14-13(19)9-15(22-14)16(20)18-11-12-3-2-5-17-10-12/h2-3,5,10,13-15H,4,6-9,11H2,1H3,(H,18,20)/t13-,14-,15-/m0/s1. The van der Waals surface area contributed by atoms with Gasteiger partial charge in [-0.1, -0.05) is 6.07 Å². The van der Waals surface area contributed by atoms with Crippen LogP contribution in [-0.4, -0.2) is 60.8 Å². The Hall–Kier alpha value is -1.50. The molecule has 1 N–H and O–H groups in total. The van der Waals surface area contributed by atoms with E-state index in [1.54, 1.807) is 19.5 Å². The average molecular weight is 305 g/mol. The fraction of sp³-hybridized carbons (Fsp3) is 0.625. The van der Waals surface area contributed by atoms with Gasteiger partial charge in [0.1, 0.15) is 6.10 Å². The Labute approximate surface area is 130 Å². The Morgan fingerprint density at radius 3 is 3.27 bits per heavy atom. The van der Waals surface area contributed by atoms with Crippen molar-refractivity contribution in [3.63, 3.8) is 0 Å². The van der Waals surface area contributed by atoms with Crippen molar-refractivity contribution in [1.29, 1.82) is 0 Å². The van der Waals surface area contributed by atoms with Crippen molar-refractivity contribution < 1.29 is 14.3 Å². The lowest BCUT2D eigenvalue weighted by Crippen LogP contribution is -2.37. The minimum atomic E-state index is -0.336. The maximum atomic E-state index is 12.3. The molecule has 2 aliphatic rings. The molecule has 3 rings (SSSR count). The van der Waals surface area contributed by atoms with Gasteiger partial charge < -0.3 is 14.8 Å². The largest absolute Gasteiger partial charge is 0.383 e. The summed E-state index contributed by atoms with van der Waals surface area (Å²) in [7, 11) is 1.72. The number of carbonyl (C=O) groups excluding carboxylic acids is 1. The number of hydrogen-bond acceptors (Lipinski definition) is 5. The number of pyridine rings is 1. The van der Waals surface area contributed by atoms with Crippen LogP contribution in [0.1, 0.15) is 18.4 Å². The maximum absolute atomic E-state index is 12.3. The van der Waals surface area contributed by atoms with Gasteiger partial charge in [0.2, 0.25) is 5.91 Å². The molecule has 0 radical (unpaired) electrons. The fourth-order valence-electron chi connectivity index (χ4n) is 3.29. The number of carbonyl (C=O) groups is 1. The van der Waals surface area contributed by atoms with Crippen LogP contribution in [0.15, 0.2) is 24.5 Å². The molecule has 6 nitrogen and oxygen atoms in total. The summed E-state index contributed by atoms with van der Waals surface area (Å²) in [6.07, 6.45) is 5.11. The number of nitrogens with zero attached hydrogens (tertiary/aromatic N) is 2. The average Bonchev–Trinajstić information content (AvgIpc) is 3.12. The molecule has 1 aromatic heterocycles. The lowest BCUT2D eigenvalue weighted by Gasteiger charge is -2.22. The van der Waals surface area contributed by atoms with E-state index in [4.69, 9.17) is 9.47 Å². The number of nitrogens with one attached hydrogen (secondary N) is 1. The monoisotopic (exact) mass is 305 g/mol. The Morgan fingerprint density at radius 1 is 1.59 bits per heavy atom. The molecule has 0 bridgehead atoms. The number of methoxy groups -OCH3 is 1. The third-order valence-corrected chi connectivity index (χ3v) is 4.46. The molecule has 22 heavy (non-hydrogen) atoms. The predicted molar refractivity (Wildman–Crippen MR) is 81.2 cm³/mol. The van der Waals surface area contributed by atoms with Gasteiger partial charge in [-0.3, -0.25) is 14.7 Å². The first-order chi connectivity index (χ1) is 10.8. The van der Waals surface area contributed by atoms with E-state index in [0.717, 1.165) is 38.1 Å². The molecule has 3 atom stereocenters. The smallest absolute Gasteiger partial charge is 0.249 e. The van der Waals surface area contributed by atoms with Gasteiger partial charge in [0.05, 0.1) is 12.7 Å². The fourth-order valence-corrected chi connectivity index (χ4v) is 3.29. The van der Waals surface area contributed by atoms with E-state index in [0.29, 0.717) is 12.6 Å². The molecule has 1 amide bonds. The quantitative estimate of drug-likeness (QED) is 0.833. The molecule has 0 saturated carbocycles. The van der Waals surface area contributed by atoms with Crippen molar-refractivity contribution in [1.82, 2.24) is 15.2 Å². The topological polar surface area (TPSA) is 63.7 Å². The van der Waals surface area contributed by atoms with Gasteiger partial charge in [0, 0.05) is 51.6 Å². The van der Waals surface area contributed by atoms with Crippen LogP contribution in [-0.2, 0) is 20.8 Å². The highest BCUT2D eigenvalue weighted by Gasteiger charge is 2.45. The van der Waals surface area contributed by atoms with Crippen LogP contribution in [0.5, 0.6) is 0 Å². The Kier molecular flexibility index (Phi) is 5.02. The Morgan fingerprint density at radius 2 is 2.50 bits per heavy atom. The highest BCUT2D eigenvalue weighted by atomic mass is 16.5. The molecule has 0 spiro atoms. The number of aromatic nitrogens is 1. The molecule has 2 aliphatic heterocycles. The van der Waals surface area contributed by atoms with E-state index in [1.165, 1.54) is 0 Å². The third-order valence-electron chi connectivity index (χ3n) is 4.46. The maximum Gasteiger partial charge on any atom is 0.249 e. The van der Waals surface area contributed by atoms with Gasteiger partial charge in [-0.25, -0.2) is 0 Å². The van der Waals surface area contributed by atoms with Crippen LogP contribution in [0, 0.1) is 0 Å². The molecule has 6 heteroatoms. The number of ether oxygens (including phenoxy) is 2. The second-order valence-corrected chi connectivity index (χ2v) is 5.86. The van der Waals surface area contributed by atoms with Gasteiger partial charge in [-0.05, 0) is 18.1 Å². The van der Waals surface area contributed by atoms with Gasteiger partial charge >= 0.3 is 0 Å². The lowest BCUT2D eigenvalue weighted by molar-refractivity contribution is -0.132. The van der Waals surface area contributed by atoms with Gasteiger partial charge in [0.15, 0.2) is 0 Å². The summed E-state index contributed by atoms with van der Waals surface area (Å²) in [4.78, 5) is 18.7. The number of fused-ring (bicyclic) bond motifs is 1. The van der Waals surface area contributed by atoms with Crippen molar-refractivity contribution >= 4 is 5.91 Å². The van der Waals surface area contributed by atoms with Crippen LogP contribution in [0.25, 0.3) is 0 Å². The summed E-state index contributed by atoms with van der Waals surface area (Å²) in [5.74, 6) is -0.0232. The van der Waals surface area contributed by atoms with E-state index >= 15 is 0 Å². The van der Waals surface area contributed by atoms with Crippen molar-refractivity contribution in [2.45, 2.75) is 37.6 Å². The molecule has 3 heterocycles. The molecular weight excluding hydrogens is 282 g/mol. The zero-order valence-corrected chi connectivity index (χ0v) is 12.9. The molecule has 0 unspecified atom stereocenters. The number of amides is 1. The molecule has 120 valence electrons. The molecule has 0 aliphatic carbocycles. The number of rotatable bonds is 6. The van der Waals surface area contributed by atoms with E-state index in [1.807, 2.05) is 12.1 Å². The Balaban J connectivity index is 1.49. The van der Waals surface area contributed by atoms with Crippen LogP contribution >= 0.6 is 0 Å². The van der Waals surface area contributed by atoms with Crippen LogP contribution in [0.2, 0.25) is 0 Å². The van der Waals surface area contributed by atoms with Gasteiger partial charge in [0.25, 0.3) is 0 Å². The van der Waals surface area contributed by atoms with E-state index in [2.05, 4.69) is 15.2 Å². The first-order valence-corrected chi connectivity index (χ1v) is 7.83. The summed E-state index contributed by atoms with van der Waals surface area (Å²) in [6.45, 7) is 3.16. The van der Waals surface area contributed by atoms with Gasteiger partial charge in [-0.15, -0.1) is 0 Å².